The van der Waals surface area contributed by atoms with Crippen molar-refractivity contribution in [1.82, 2.24) is 9.88 Å². The van der Waals surface area contributed by atoms with E-state index in [1.807, 2.05) is 35.9 Å². The van der Waals surface area contributed by atoms with Crippen LogP contribution in [0.5, 0.6) is 0 Å². The molecule has 0 bridgehead atoms. The highest BCUT2D eigenvalue weighted by atomic mass is 16.5. The molecule has 1 fully saturated rings. The number of para-hydroxylation sites is 1. The molecule has 0 saturated carbocycles. The molecule has 2 heterocycles. The van der Waals surface area contributed by atoms with E-state index in [2.05, 4.69) is 11.4 Å². The van der Waals surface area contributed by atoms with Gasteiger partial charge in [0.1, 0.15) is 6.54 Å². The van der Waals surface area contributed by atoms with E-state index in [1.165, 1.54) is 0 Å². The van der Waals surface area contributed by atoms with Gasteiger partial charge in [-0.15, -0.1) is 0 Å². The van der Waals surface area contributed by atoms with Gasteiger partial charge in [-0.1, -0.05) is 18.2 Å². The second-order valence-corrected chi connectivity index (χ2v) is 6.75. The zero-order chi connectivity index (χ0) is 17.8. The Hall–Kier alpha value is -2.34. The van der Waals surface area contributed by atoms with Crippen LogP contribution in [0.25, 0.3) is 10.9 Å². The summed E-state index contributed by atoms with van der Waals surface area (Å²) in [6.07, 6.45) is 3.83. The lowest BCUT2D eigenvalue weighted by Crippen LogP contribution is -2.45. The van der Waals surface area contributed by atoms with Crippen LogP contribution in [-0.2, 0) is 20.9 Å². The van der Waals surface area contributed by atoms with Crippen molar-refractivity contribution in [3.8, 4) is 0 Å². The van der Waals surface area contributed by atoms with Gasteiger partial charge >= 0.3 is 0 Å². The Bertz CT molecular complexity index is 762. The topological polar surface area (TPSA) is 86.4 Å². The molecule has 0 unspecified atom stereocenters. The lowest BCUT2D eigenvalue weighted by Gasteiger charge is -2.30. The SMILES string of the molecule is Cc1cn(CC(=O)N[C@H](CC(N)=O)C2CCOCC2)c2ccccc12. The number of nitrogens with one attached hydrogen (secondary N) is 1. The first-order valence-electron chi connectivity index (χ1n) is 8.74. The van der Waals surface area contributed by atoms with Gasteiger partial charge in [-0.2, -0.15) is 0 Å². The highest BCUT2D eigenvalue weighted by molar-refractivity contribution is 5.86. The third kappa shape index (κ3) is 4.20. The molecule has 1 aliphatic heterocycles. The first-order chi connectivity index (χ1) is 12.0. The number of hydrogen-bond donors (Lipinski definition) is 2. The molecular weight excluding hydrogens is 318 g/mol. The van der Waals surface area contributed by atoms with Crippen molar-refractivity contribution < 1.29 is 14.3 Å². The molecule has 3 N–H and O–H groups in total. The van der Waals surface area contributed by atoms with Crippen molar-refractivity contribution in [3.63, 3.8) is 0 Å². The molecule has 0 aliphatic carbocycles. The molecule has 2 amide bonds. The summed E-state index contributed by atoms with van der Waals surface area (Å²) in [5.74, 6) is -0.258. The van der Waals surface area contributed by atoms with Gasteiger partial charge in [0.25, 0.3) is 0 Å². The summed E-state index contributed by atoms with van der Waals surface area (Å²) in [5, 5.41) is 4.17. The molecule has 6 heteroatoms. The Morgan fingerprint density at radius 1 is 1.32 bits per heavy atom. The van der Waals surface area contributed by atoms with E-state index in [1.54, 1.807) is 0 Å². The highest BCUT2D eigenvalue weighted by Crippen LogP contribution is 2.22. The number of nitrogens with two attached hydrogens (primary N) is 1. The van der Waals surface area contributed by atoms with Gasteiger partial charge in [-0.25, -0.2) is 0 Å². The molecule has 25 heavy (non-hydrogen) atoms. The highest BCUT2D eigenvalue weighted by Gasteiger charge is 2.27. The van der Waals surface area contributed by atoms with Crippen LogP contribution >= 0.6 is 0 Å². The third-order valence-corrected chi connectivity index (χ3v) is 4.90. The standard InChI is InChI=1S/C19H25N3O3/c1-13-11-22(17-5-3-2-4-15(13)17)12-19(24)21-16(10-18(20)23)14-6-8-25-9-7-14/h2-5,11,14,16H,6-10,12H2,1H3,(H2,20,23)(H,21,24)/t16-/m1/s1. The van der Waals surface area contributed by atoms with E-state index in [0.717, 1.165) is 29.3 Å². The number of benzene rings is 1. The minimum absolute atomic E-state index is 0.0986. The number of nitrogens with zero attached hydrogens (tertiary/aromatic N) is 1. The van der Waals surface area contributed by atoms with Gasteiger partial charge in [-0.3, -0.25) is 9.59 Å². The van der Waals surface area contributed by atoms with Crippen LogP contribution < -0.4 is 11.1 Å². The first kappa shape index (κ1) is 17.5. The minimum Gasteiger partial charge on any atom is -0.381 e. The Morgan fingerprint density at radius 3 is 2.76 bits per heavy atom. The van der Waals surface area contributed by atoms with Gasteiger partial charge in [-0.05, 0) is 37.3 Å². The molecule has 3 rings (SSSR count). The molecule has 0 radical (unpaired) electrons. The molecule has 1 saturated heterocycles. The number of ether oxygens (including phenoxy) is 1. The number of carbonyl (C=O) groups is 2. The molecule has 134 valence electrons. The fraction of sp³-hybridized carbons (Fsp3) is 0.474. The Morgan fingerprint density at radius 2 is 2.04 bits per heavy atom. The van der Waals surface area contributed by atoms with Crippen LogP contribution in [-0.4, -0.2) is 35.6 Å². The van der Waals surface area contributed by atoms with Gasteiger partial charge in [0.15, 0.2) is 0 Å². The number of fused-ring (bicyclic) bond motifs is 1. The van der Waals surface area contributed by atoms with E-state index in [4.69, 9.17) is 10.5 Å². The van der Waals surface area contributed by atoms with E-state index >= 15 is 0 Å². The lowest BCUT2D eigenvalue weighted by molar-refractivity contribution is -0.124. The Labute approximate surface area is 147 Å². The second kappa shape index (κ2) is 7.70. The molecule has 1 aromatic carbocycles. The average Bonchev–Trinajstić information content (AvgIpc) is 2.91. The van der Waals surface area contributed by atoms with Crippen molar-refractivity contribution in [2.75, 3.05) is 13.2 Å². The Kier molecular flexibility index (Phi) is 5.38. The normalized spacial score (nSPS) is 16.7. The zero-order valence-electron chi connectivity index (χ0n) is 14.5. The summed E-state index contributed by atoms with van der Waals surface area (Å²) < 4.78 is 7.32. The number of rotatable bonds is 6. The summed E-state index contributed by atoms with van der Waals surface area (Å²) in [4.78, 5) is 24.0. The van der Waals surface area contributed by atoms with Gasteiger partial charge in [0.2, 0.25) is 11.8 Å². The number of hydrogen-bond acceptors (Lipinski definition) is 3. The number of carbonyl (C=O) groups excluding carboxylic acids is 2. The number of amides is 2. The zero-order valence-corrected chi connectivity index (χ0v) is 14.5. The lowest BCUT2D eigenvalue weighted by atomic mass is 9.89. The van der Waals surface area contributed by atoms with Crippen LogP contribution in [0.1, 0.15) is 24.8 Å². The third-order valence-electron chi connectivity index (χ3n) is 4.90. The second-order valence-electron chi connectivity index (χ2n) is 6.75. The van der Waals surface area contributed by atoms with Crippen molar-refractivity contribution in [3.05, 3.63) is 36.0 Å². The van der Waals surface area contributed by atoms with E-state index in [-0.39, 0.29) is 36.7 Å². The van der Waals surface area contributed by atoms with Gasteiger partial charge in [0.05, 0.1) is 0 Å². The number of aryl methyl sites for hydroxylation is 1. The quantitative estimate of drug-likeness (QED) is 0.837. The summed E-state index contributed by atoms with van der Waals surface area (Å²) in [7, 11) is 0. The van der Waals surface area contributed by atoms with Crippen LogP contribution in [0.4, 0.5) is 0 Å². The first-order valence-corrected chi connectivity index (χ1v) is 8.74. The summed E-state index contributed by atoms with van der Waals surface area (Å²) in [6.45, 7) is 3.59. The summed E-state index contributed by atoms with van der Waals surface area (Å²) in [5.41, 5.74) is 7.55. The predicted octanol–water partition coefficient (Wildman–Crippen LogP) is 1.74. The van der Waals surface area contributed by atoms with Crippen LogP contribution in [0, 0.1) is 12.8 Å². The maximum atomic E-state index is 12.6. The maximum absolute atomic E-state index is 12.6. The molecule has 6 nitrogen and oxygen atoms in total. The summed E-state index contributed by atoms with van der Waals surface area (Å²) in [6, 6.07) is 7.80. The molecule has 1 aromatic heterocycles. The van der Waals surface area contributed by atoms with Gasteiger partial charge in [0, 0.05) is 42.8 Å². The average molecular weight is 343 g/mol. The smallest absolute Gasteiger partial charge is 0.240 e. The molecule has 0 spiro atoms. The molecule has 1 aliphatic rings. The van der Waals surface area contributed by atoms with E-state index in [9.17, 15) is 9.59 Å². The summed E-state index contributed by atoms with van der Waals surface area (Å²) >= 11 is 0. The minimum atomic E-state index is -0.390. The van der Waals surface area contributed by atoms with Crippen molar-refractivity contribution in [1.29, 1.82) is 0 Å². The number of primary amides is 1. The Balaban J connectivity index is 1.71. The van der Waals surface area contributed by atoms with Crippen LogP contribution in [0.15, 0.2) is 30.5 Å². The van der Waals surface area contributed by atoms with E-state index in [0.29, 0.717) is 13.2 Å². The molecular formula is C19H25N3O3. The van der Waals surface area contributed by atoms with Crippen molar-refractivity contribution >= 4 is 22.7 Å². The molecule has 1 atom stereocenters. The van der Waals surface area contributed by atoms with Crippen LogP contribution in [0.2, 0.25) is 0 Å². The largest absolute Gasteiger partial charge is 0.381 e. The predicted molar refractivity (Wildman–Crippen MR) is 96.0 cm³/mol. The van der Waals surface area contributed by atoms with Crippen molar-refractivity contribution in [2.24, 2.45) is 11.7 Å². The van der Waals surface area contributed by atoms with Gasteiger partial charge < -0.3 is 20.4 Å². The van der Waals surface area contributed by atoms with Crippen LogP contribution in [0.3, 0.4) is 0 Å². The fourth-order valence-electron chi connectivity index (χ4n) is 3.64. The monoisotopic (exact) mass is 343 g/mol. The fourth-order valence-corrected chi connectivity index (χ4v) is 3.64. The van der Waals surface area contributed by atoms with Crippen molar-refractivity contribution in [2.45, 2.75) is 38.8 Å². The number of aromatic nitrogens is 1. The molecule has 2 aromatic rings. The van der Waals surface area contributed by atoms with E-state index < -0.39 is 0 Å². The maximum Gasteiger partial charge on any atom is 0.240 e.